The average molecular weight is 239 g/mol. The molecule has 0 aromatic carbocycles. The summed E-state index contributed by atoms with van der Waals surface area (Å²) < 4.78 is 5.28. The van der Waals surface area contributed by atoms with Crippen molar-refractivity contribution in [1.82, 2.24) is 0 Å². The van der Waals surface area contributed by atoms with Crippen LogP contribution in [0.3, 0.4) is 0 Å². The van der Waals surface area contributed by atoms with E-state index in [1.807, 2.05) is 17.5 Å². The van der Waals surface area contributed by atoms with Crippen LogP contribution in [0, 0.1) is 0 Å². The van der Waals surface area contributed by atoms with E-state index in [1.54, 1.807) is 11.3 Å². The van der Waals surface area contributed by atoms with Gasteiger partial charge in [0.1, 0.15) is 12.1 Å². The third kappa shape index (κ3) is 2.62. The predicted octanol–water partition coefficient (Wildman–Crippen LogP) is 2.45. The normalized spacial score (nSPS) is 19.3. The molecule has 1 saturated carbocycles. The van der Waals surface area contributed by atoms with Crippen molar-refractivity contribution in [1.29, 1.82) is 0 Å². The lowest BCUT2D eigenvalue weighted by Gasteiger charge is -2.30. The van der Waals surface area contributed by atoms with E-state index in [9.17, 15) is 4.79 Å². The molecule has 1 aliphatic rings. The van der Waals surface area contributed by atoms with E-state index in [2.05, 4.69) is 0 Å². The first-order chi connectivity index (χ1) is 7.71. The second-order valence-electron chi connectivity index (χ2n) is 4.37. The Bertz CT molecular complexity index is 342. The zero-order valence-electron chi connectivity index (χ0n) is 9.28. The molecule has 0 unspecified atom stereocenters. The molecular weight excluding hydrogens is 222 g/mol. The van der Waals surface area contributed by atoms with Crippen molar-refractivity contribution in [3.63, 3.8) is 0 Å². The molecule has 0 atom stereocenters. The van der Waals surface area contributed by atoms with Gasteiger partial charge in [-0.3, -0.25) is 4.79 Å². The molecule has 0 spiro atoms. The molecule has 0 saturated heterocycles. The third-order valence-corrected chi connectivity index (χ3v) is 3.93. The molecule has 0 radical (unpaired) electrons. The lowest BCUT2D eigenvalue weighted by atomic mass is 9.83. The maximum atomic E-state index is 11.9. The predicted molar refractivity (Wildman–Crippen MR) is 64.1 cm³/mol. The van der Waals surface area contributed by atoms with Crippen LogP contribution < -0.4 is 5.73 Å². The Kier molecular flexibility index (Phi) is 3.61. The summed E-state index contributed by atoms with van der Waals surface area (Å²) in [6.07, 6.45) is 4.76. The number of hydrogen-bond acceptors (Lipinski definition) is 4. The lowest BCUT2D eigenvalue weighted by Crippen LogP contribution is -2.50. The summed E-state index contributed by atoms with van der Waals surface area (Å²) in [5.41, 5.74) is 5.34. The molecular formula is C12H17NO2S. The van der Waals surface area contributed by atoms with E-state index in [1.165, 1.54) is 6.42 Å². The van der Waals surface area contributed by atoms with Crippen LogP contribution in [0.5, 0.6) is 0 Å². The number of thiophene rings is 1. The number of ether oxygens (including phenoxy) is 1. The molecule has 1 fully saturated rings. The van der Waals surface area contributed by atoms with Gasteiger partial charge in [0.15, 0.2) is 0 Å². The summed E-state index contributed by atoms with van der Waals surface area (Å²) >= 11 is 1.59. The quantitative estimate of drug-likeness (QED) is 0.824. The van der Waals surface area contributed by atoms with E-state index in [-0.39, 0.29) is 5.97 Å². The SMILES string of the molecule is NC1(C(=O)OCc2cccs2)CCCCC1. The van der Waals surface area contributed by atoms with Gasteiger partial charge in [0.25, 0.3) is 0 Å². The molecule has 0 amide bonds. The maximum Gasteiger partial charge on any atom is 0.326 e. The van der Waals surface area contributed by atoms with Crippen LogP contribution >= 0.6 is 11.3 Å². The minimum absolute atomic E-state index is 0.236. The first-order valence-electron chi connectivity index (χ1n) is 5.69. The maximum absolute atomic E-state index is 11.9. The number of hydrogen-bond donors (Lipinski definition) is 1. The Morgan fingerprint density at radius 3 is 2.81 bits per heavy atom. The van der Waals surface area contributed by atoms with Crippen LogP contribution in [0.2, 0.25) is 0 Å². The molecule has 0 aliphatic heterocycles. The molecule has 4 heteroatoms. The molecule has 3 nitrogen and oxygen atoms in total. The fourth-order valence-corrected chi connectivity index (χ4v) is 2.68. The highest BCUT2D eigenvalue weighted by atomic mass is 32.1. The van der Waals surface area contributed by atoms with E-state index >= 15 is 0 Å². The number of esters is 1. The number of rotatable bonds is 3. The number of carbonyl (C=O) groups is 1. The summed E-state index contributed by atoms with van der Waals surface area (Å²) in [7, 11) is 0. The van der Waals surface area contributed by atoms with Crippen LogP contribution in [0.15, 0.2) is 17.5 Å². The zero-order valence-corrected chi connectivity index (χ0v) is 10.1. The minimum atomic E-state index is -0.727. The van der Waals surface area contributed by atoms with Crippen LogP contribution in [0.4, 0.5) is 0 Å². The van der Waals surface area contributed by atoms with Gasteiger partial charge in [0.05, 0.1) is 0 Å². The van der Waals surface area contributed by atoms with Crippen LogP contribution in [-0.4, -0.2) is 11.5 Å². The van der Waals surface area contributed by atoms with Crippen molar-refractivity contribution < 1.29 is 9.53 Å². The van der Waals surface area contributed by atoms with Gasteiger partial charge in [0.2, 0.25) is 0 Å². The molecule has 1 heterocycles. The Morgan fingerprint density at radius 2 is 2.19 bits per heavy atom. The summed E-state index contributed by atoms with van der Waals surface area (Å²) in [5.74, 6) is -0.236. The highest BCUT2D eigenvalue weighted by Gasteiger charge is 2.36. The smallest absolute Gasteiger partial charge is 0.326 e. The van der Waals surface area contributed by atoms with E-state index in [0.29, 0.717) is 6.61 Å². The zero-order chi connectivity index (χ0) is 11.4. The number of nitrogens with two attached hydrogens (primary N) is 1. The van der Waals surface area contributed by atoms with E-state index in [0.717, 1.165) is 30.6 Å². The fraction of sp³-hybridized carbons (Fsp3) is 0.583. The van der Waals surface area contributed by atoms with E-state index in [4.69, 9.17) is 10.5 Å². The molecule has 0 bridgehead atoms. The van der Waals surface area contributed by atoms with Gasteiger partial charge in [-0.05, 0) is 24.3 Å². The summed E-state index contributed by atoms with van der Waals surface area (Å²) in [6, 6.07) is 3.91. The van der Waals surface area contributed by atoms with Gasteiger partial charge in [-0.25, -0.2) is 0 Å². The largest absolute Gasteiger partial charge is 0.459 e. The third-order valence-electron chi connectivity index (χ3n) is 3.08. The standard InChI is InChI=1S/C12H17NO2S/c13-12(6-2-1-3-7-12)11(14)15-9-10-5-4-8-16-10/h4-5,8H,1-3,6-7,9,13H2. The molecule has 88 valence electrons. The molecule has 1 aromatic rings. The molecule has 16 heavy (non-hydrogen) atoms. The van der Waals surface area contributed by atoms with Gasteiger partial charge in [-0.2, -0.15) is 0 Å². The lowest BCUT2D eigenvalue weighted by molar-refractivity contribution is -0.152. The second-order valence-corrected chi connectivity index (χ2v) is 5.40. The van der Waals surface area contributed by atoms with Gasteiger partial charge in [-0.1, -0.05) is 25.3 Å². The van der Waals surface area contributed by atoms with Crippen molar-refractivity contribution in [3.8, 4) is 0 Å². The monoisotopic (exact) mass is 239 g/mol. The number of carbonyl (C=O) groups excluding carboxylic acids is 1. The van der Waals surface area contributed by atoms with Gasteiger partial charge in [-0.15, -0.1) is 11.3 Å². The minimum Gasteiger partial charge on any atom is -0.459 e. The van der Waals surface area contributed by atoms with Crippen LogP contribution in [0.1, 0.15) is 37.0 Å². The molecule has 1 aromatic heterocycles. The Balaban J connectivity index is 1.87. The Hall–Kier alpha value is -0.870. The summed E-state index contributed by atoms with van der Waals surface area (Å²) in [4.78, 5) is 12.9. The fourth-order valence-electron chi connectivity index (χ4n) is 2.06. The highest BCUT2D eigenvalue weighted by molar-refractivity contribution is 7.09. The topological polar surface area (TPSA) is 52.3 Å². The first-order valence-corrected chi connectivity index (χ1v) is 6.57. The Labute approximate surface area is 99.6 Å². The van der Waals surface area contributed by atoms with Crippen LogP contribution in [0.25, 0.3) is 0 Å². The highest BCUT2D eigenvalue weighted by Crippen LogP contribution is 2.27. The van der Waals surface area contributed by atoms with Crippen molar-refractivity contribution in [2.45, 2.75) is 44.2 Å². The molecule has 2 N–H and O–H groups in total. The molecule has 1 aliphatic carbocycles. The van der Waals surface area contributed by atoms with Gasteiger partial charge < -0.3 is 10.5 Å². The first kappa shape index (κ1) is 11.6. The van der Waals surface area contributed by atoms with Crippen molar-refractivity contribution >= 4 is 17.3 Å². The Morgan fingerprint density at radius 1 is 1.44 bits per heavy atom. The van der Waals surface area contributed by atoms with Gasteiger partial charge >= 0.3 is 5.97 Å². The van der Waals surface area contributed by atoms with E-state index < -0.39 is 5.54 Å². The molecule has 2 rings (SSSR count). The van der Waals surface area contributed by atoms with Crippen molar-refractivity contribution in [3.05, 3.63) is 22.4 Å². The van der Waals surface area contributed by atoms with Gasteiger partial charge in [0, 0.05) is 4.88 Å². The average Bonchev–Trinajstić information content (AvgIpc) is 2.79. The van der Waals surface area contributed by atoms with Crippen molar-refractivity contribution in [2.75, 3.05) is 0 Å². The van der Waals surface area contributed by atoms with Crippen LogP contribution in [-0.2, 0) is 16.1 Å². The summed E-state index contributed by atoms with van der Waals surface area (Å²) in [6.45, 7) is 0.357. The van der Waals surface area contributed by atoms with Crippen molar-refractivity contribution in [2.24, 2.45) is 5.73 Å². The summed E-state index contributed by atoms with van der Waals surface area (Å²) in [5, 5.41) is 1.97. The second kappa shape index (κ2) is 4.97.